The van der Waals surface area contributed by atoms with Crippen LogP contribution in [0.25, 0.3) is 0 Å². The minimum Gasteiger partial charge on any atom is -0.493 e. The highest BCUT2D eigenvalue weighted by Crippen LogP contribution is 2.30. The van der Waals surface area contributed by atoms with Gasteiger partial charge >= 0.3 is 0 Å². The summed E-state index contributed by atoms with van der Waals surface area (Å²) in [4.78, 5) is 13.8. The molecule has 18 heavy (non-hydrogen) atoms. The van der Waals surface area contributed by atoms with Gasteiger partial charge in [-0.2, -0.15) is 0 Å². The smallest absolute Gasteiger partial charge is 0.259 e. The Hall–Kier alpha value is -1.75. The van der Waals surface area contributed by atoms with Crippen LogP contribution in [0.1, 0.15) is 24.2 Å². The van der Waals surface area contributed by atoms with E-state index in [9.17, 15) is 9.90 Å². The molecule has 0 saturated carbocycles. The molecule has 1 heterocycles. The van der Waals surface area contributed by atoms with Crippen molar-refractivity contribution in [2.45, 2.75) is 19.4 Å². The molecule has 0 spiro atoms. The van der Waals surface area contributed by atoms with E-state index in [4.69, 9.17) is 10.5 Å². The van der Waals surface area contributed by atoms with Crippen molar-refractivity contribution in [2.24, 2.45) is 0 Å². The van der Waals surface area contributed by atoms with E-state index in [0.29, 0.717) is 36.7 Å². The van der Waals surface area contributed by atoms with E-state index >= 15 is 0 Å². The number of nitrogens with two attached hydrogens (primary N) is 1. The topological polar surface area (TPSA) is 75.8 Å². The van der Waals surface area contributed by atoms with E-state index in [0.717, 1.165) is 0 Å². The van der Waals surface area contributed by atoms with Gasteiger partial charge in [-0.1, -0.05) is 6.07 Å². The fourth-order valence-corrected chi connectivity index (χ4v) is 2.13. The van der Waals surface area contributed by atoms with E-state index < -0.39 is 5.60 Å². The number of aliphatic hydroxyl groups is 1. The molecule has 1 saturated heterocycles. The monoisotopic (exact) mass is 250 g/mol. The summed E-state index contributed by atoms with van der Waals surface area (Å²) in [5.41, 5.74) is 5.84. The second-order valence-electron chi connectivity index (χ2n) is 4.81. The Labute approximate surface area is 106 Å². The number of nitrogens with zero attached hydrogens (tertiary/aromatic N) is 1. The minimum absolute atomic E-state index is 0.192. The third kappa shape index (κ3) is 2.26. The van der Waals surface area contributed by atoms with E-state index in [1.165, 1.54) is 0 Å². The van der Waals surface area contributed by atoms with Gasteiger partial charge in [-0.15, -0.1) is 0 Å². The minimum atomic E-state index is -0.787. The molecule has 5 heteroatoms. The highest BCUT2D eigenvalue weighted by molar-refractivity contribution is 6.02. The summed E-state index contributed by atoms with van der Waals surface area (Å²) in [6, 6.07) is 5.15. The molecule has 2 rings (SSSR count). The van der Waals surface area contributed by atoms with E-state index in [1.807, 2.05) is 6.92 Å². The molecule has 0 bridgehead atoms. The number of nitrogen functional groups attached to an aromatic ring is 1. The number of carbonyl (C=O) groups is 1. The van der Waals surface area contributed by atoms with Crippen molar-refractivity contribution >= 4 is 11.6 Å². The average Bonchev–Trinajstić information content (AvgIpc) is 2.25. The van der Waals surface area contributed by atoms with E-state index in [1.54, 1.807) is 30.0 Å². The molecule has 1 aliphatic rings. The van der Waals surface area contributed by atoms with Crippen LogP contribution in [0, 0.1) is 0 Å². The van der Waals surface area contributed by atoms with Gasteiger partial charge < -0.3 is 20.5 Å². The van der Waals surface area contributed by atoms with Crippen LogP contribution in [-0.2, 0) is 0 Å². The number of rotatable bonds is 3. The highest BCUT2D eigenvalue weighted by atomic mass is 16.5. The fraction of sp³-hybridized carbons (Fsp3) is 0.462. The van der Waals surface area contributed by atoms with Crippen LogP contribution in [-0.4, -0.2) is 41.2 Å². The lowest BCUT2D eigenvalue weighted by Gasteiger charge is -2.44. The van der Waals surface area contributed by atoms with Crippen molar-refractivity contribution in [1.29, 1.82) is 0 Å². The van der Waals surface area contributed by atoms with Crippen LogP contribution >= 0.6 is 0 Å². The second-order valence-corrected chi connectivity index (χ2v) is 4.81. The summed E-state index contributed by atoms with van der Waals surface area (Å²) in [6.07, 6.45) is 0. The predicted molar refractivity (Wildman–Crippen MR) is 68.6 cm³/mol. The SMILES string of the molecule is CCOc1cccc(N)c1C(=O)N1CC(C)(O)C1. The lowest BCUT2D eigenvalue weighted by molar-refractivity contribution is -0.0669. The predicted octanol–water partition coefficient (Wildman–Crippen LogP) is 0.874. The first-order chi connectivity index (χ1) is 8.44. The van der Waals surface area contributed by atoms with E-state index in [-0.39, 0.29) is 5.91 Å². The molecule has 0 radical (unpaired) electrons. The van der Waals surface area contributed by atoms with Crippen LogP contribution in [0.2, 0.25) is 0 Å². The number of benzene rings is 1. The quantitative estimate of drug-likeness (QED) is 0.781. The number of amides is 1. The van der Waals surface area contributed by atoms with Gasteiger partial charge in [0, 0.05) is 5.69 Å². The fourth-order valence-electron chi connectivity index (χ4n) is 2.13. The third-order valence-corrected chi connectivity index (χ3v) is 2.92. The van der Waals surface area contributed by atoms with Crippen LogP contribution in [0.5, 0.6) is 5.75 Å². The Balaban J connectivity index is 2.25. The molecule has 0 atom stereocenters. The molecule has 1 fully saturated rings. The largest absolute Gasteiger partial charge is 0.493 e. The first-order valence-electron chi connectivity index (χ1n) is 5.97. The number of likely N-dealkylation sites (tertiary alicyclic amines) is 1. The molecule has 98 valence electrons. The second kappa shape index (κ2) is 4.49. The lowest BCUT2D eigenvalue weighted by Crippen LogP contribution is -2.61. The number of ether oxygens (including phenoxy) is 1. The summed E-state index contributed by atoms with van der Waals surface area (Å²) in [5, 5.41) is 9.66. The number of β-amino-alcohol motifs (C(OH)–C–C–N with tert-alkyl or cyclic N) is 1. The molecule has 1 aromatic carbocycles. The van der Waals surface area contributed by atoms with Gasteiger partial charge in [0.2, 0.25) is 0 Å². The van der Waals surface area contributed by atoms with E-state index in [2.05, 4.69) is 0 Å². The maximum absolute atomic E-state index is 12.3. The molecule has 0 unspecified atom stereocenters. The summed E-state index contributed by atoms with van der Waals surface area (Å²) >= 11 is 0. The zero-order chi connectivity index (χ0) is 13.3. The molecule has 1 aromatic rings. The number of hydrogen-bond acceptors (Lipinski definition) is 4. The van der Waals surface area contributed by atoms with Crippen molar-refractivity contribution in [3.05, 3.63) is 23.8 Å². The Bertz CT molecular complexity index is 463. The number of carbonyl (C=O) groups excluding carboxylic acids is 1. The maximum Gasteiger partial charge on any atom is 0.259 e. The summed E-state index contributed by atoms with van der Waals surface area (Å²) < 4.78 is 5.42. The normalized spacial score (nSPS) is 17.2. The zero-order valence-electron chi connectivity index (χ0n) is 10.6. The first kappa shape index (κ1) is 12.7. The molecular formula is C13H18N2O3. The summed E-state index contributed by atoms with van der Waals surface area (Å²) in [7, 11) is 0. The van der Waals surface area contributed by atoms with Crippen molar-refractivity contribution in [1.82, 2.24) is 4.90 Å². The molecule has 0 aromatic heterocycles. The zero-order valence-corrected chi connectivity index (χ0v) is 10.6. The first-order valence-corrected chi connectivity index (χ1v) is 5.97. The molecule has 1 amide bonds. The molecule has 0 aliphatic carbocycles. The van der Waals surface area contributed by atoms with Gasteiger partial charge in [0.1, 0.15) is 11.3 Å². The lowest BCUT2D eigenvalue weighted by atomic mass is 9.95. The summed E-state index contributed by atoms with van der Waals surface area (Å²) in [5.74, 6) is 0.303. The van der Waals surface area contributed by atoms with Gasteiger partial charge in [-0.05, 0) is 26.0 Å². The van der Waals surface area contributed by atoms with Crippen LogP contribution in [0.3, 0.4) is 0 Å². The molecule has 3 N–H and O–H groups in total. The Kier molecular flexibility index (Phi) is 3.17. The van der Waals surface area contributed by atoms with Crippen molar-refractivity contribution in [2.75, 3.05) is 25.4 Å². The Morgan fingerprint density at radius 1 is 1.56 bits per heavy atom. The number of anilines is 1. The van der Waals surface area contributed by atoms with Gasteiger partial charge in [0.05, 0.1) is 25.3 Å². The number of hydrogen-bond donors (Lipinski definition) is 2. The average molecular weight is 250 g/mol. The van der Waals surface area contributed by atoms with Crippen LogP contribution in [0.4, 0.5) is 5.69 Å². The van der Waals surface area contributed by atoms with Gasteiger partial charge in [0.25, 0.3) is 5.91 Å². The highest BCUT2D eigenvalue weighted by Gasteiger charge is 2.40. The van der Waals surface area contributed by atoms with Crippen molar-refractivity contribution < 1.29 is 14.6 Å². The molecular weight excluding hydrogens is 232 g/mol. The molecule has 5 nitrogen and oxygen atoms in total. The van der Waals surface area contributed by atoms with Gasteiger partial charge in [-0.25, -0.2) is 0 Å². The Morgan fingerprint density at radius 3 is 2.78 bits per heavy atom. The summed E-state index contributed by atoms with van der Waals surface area (Å²) in [6.45, 7) is 4.68. The van der Waals surface area contributed by atoms with Crippen LogP contribution in [0.15, 0.2) is 18.2 Å². The maximum atomic E-state index is 12.3. The van der Waals surface area contributed by atoms with Gasteiger partial charge in [0.15, 0.2) is 0 Å². The van der Waals surface area contributed by atoms with Gasteiger partial charge in [-0.3, -0.25) is 4.79 Å². The Morgan fingerprint density at radius 2 is 2.22 bits per heavy atom. The van der Waals surface area contributed by atoms with Crippen molar-refractivity contribution in [3.8, 4) is 5.75 Å². The third-order valence-electron chi connectivity index (χ3n) is 2.92. The van der Waals surface area contributed by atoms with Crippen molar-refractivity contribution in [3.63, 3.8) is 0 Å². The standard InChI is InChI=1S/C13H18N2O3/c1-3-18-10-6-4-5-9(14)11(10)12(16)15-7-13(2,17)8-15/h4-6,17H,3,7-8,14H2,1-2H3. The van der Waals surface area contributed by atoms with Crippen LogP contribution < -0.4 is 10.5 Å². The molecule has 1 aliphatic heterocycles.